The van der Waals surface area contributed by atoms with E-state index in [-0.39, 0.29) is 30.5 Å². The first-order valence-electron chi connectivity index (χ1n) is 8.50. The number of amides is 2. The summed E-state index contributed by atoms with van der Waals surface area (Å²) in [4.78, 5) is 25.8. The maximum atomic E-state index is 11.9. The molecule has 0 atom stereocenters. The fourth-order valence-electron chi connectivity index (χ4n) is 2.50. The molecule has 6 heteroatoms. The van der Waals surface area contributed by atoms with Crippen LogP contribution < -0.4 is 15.5 Å². The molecule has 134 valence electrons. The fraction of sp³-hybridized carbons (Fsp3) is 0.368. The number of nitrogens with one attached hydrogen (secondary N) is 2. The molecule has 0 bridgehead atoms. The van der Waals surface area contributed by atoms with Gasteiger partial charge in [-0.1, -0.05) is 12.1 Å². The second-order valence-electron chi connectivity index (χ2n) is 5.75. The Labute approximate surface area is 148 Å². The van der Waals surface area contributed by atoms with E-state index in [9.17, 15) is 9.59 Å². The minimum absolute atomic E-state index is 0.0833. The minimum atomic E-state index is -0.311. The van der Waals surface area contributed by atoms with Gasteiger partial charge in [-0.25, -0.2) is 0 Å². The fourth-order valence-corrected chi connectivity index (χ4v) is 2.50. The van der Waals surface area contributed by atoms with Gasteiger partial charge in [0.1, 0.15) is 0 Å². The van der Waals surface area contributed by atoms with Gasteiger partial charge in [0.05, 0.1) is 6.26 Å². The zero-order chi connectivity index (χ0) is 18.1. The maximum absolute atomic E-state index is 11.9. The number of benzene rings is 1. The van der Waals surface area contributed by atoms with Crippen molar-refractivity contribution in [3.63, 3.8) is 0 Å². The average Bonchev–Trinajstić information content (AvgIpc) is 3.13. The standard InChI is InChI=1S/C19H25N3O3/c1-3-22(16-7-4-6-15(2)14-16)12-11-20-18(23)9-10-21-19(24)17-8-5-13-25-17/h4-8,13-14H,3,9-12H2,1-2H3,(H,20,23)(H,21,24). The van der Waals surface area contributed by atoms with Crippen molar-refractivity contribution in [3.8, 4) is 0 Å². The second kappa shape index (κ2) is 9.52. The van der Waals surface area contributed by atoms with Crippen LogP contribution in [0.25, 0.3) is 0 Å². The lowest BCUT2D eigenvalue weighted by molar-refractivity contribution is -0.120. The SMILES string of the molecule is CCN(CCNC(=O)CCNC(=O)c1ccco1)c1cccc(C)c1. The van der Waals surface area contributed by atoms with Crippen LogP contribution in [-0.2, 0) is 4.79 Å². The van der Waals surface area contributed by atoms with E-state index in [2.05, 4.69) is 47.6 Å². The van der Waals surface area contributed by atoms with Crippen LogP contribution in [-0.4, -0.2) is 38.0 Å². The summed E-state index contributed by atoms with van der Waals surface area (Å²) in [6, 6.07) is 11.5. The van der Waals surface area contributed by atoms with E-state index < -0.39 is 0 Å². The molecule has 6 nitrogen and oxygen atoms in total. The molecular weight excluding hydrogens is 318 g/mol. The average molecular weight is 343 g/mol. The van der Waals surface area contributed by atoms with Gasteiger partial charge in [0.25, 0.3) is 5.91 Å². The molecule has 0 unspecified atom stereocenters. The number of aryl methyl sites for hydroxylation is 1. The van der Waals surface area contributed by atoms with E-state index >= 15 is 0 Å². The molecule has 0 fully saturated rings. The lowest BCUT2D eigenvalue weighted by atomic mass is 10.2. The number of anilines is 1. The molecule has 0 saturated carbocycles. The van der Waals surface area contributed by atoms with Gasteiger partial charge >= 0.3 is 0 Å². The van der Waals surface area contributed by atoms with Gasteiger partial charge in [-0.15, -0.1) is 0 Å². The number of furan rings is 1. The van der Waals surface area contributed by atoms with Crippen LogP contribution >= 0.6 is 0 Å². The monoisotopic (exact) mass is 343 g/mol. The van der Waals surface area contributed by atoms with E-state index in [1.165, 1.54) is 11.8 Å². The number of hydrogen-bond acceptors (Lipinski definition) is 4. The van der Waals surface area contributed by atoms with E-state index in [1.807, 2.05) is 6.07 Å². The third kappa shape index (κ3) is 5.99. The molecule has 0 aliphatic rings. The Morgan fingerprint density at radius 2 is 1.96 bits per heavy atom. The quantitative estimate of drug-likeness (QED) is 0.733. The van der Waals surface area contributed by atoms with Crippen molar-refractivity contribution in [3.05, 3.63) is 54.0 Å². The summed E-state index contributed by atoms with van der Waals surface area (Å²) in [5, 5.41) is 5.54. The lowest BCUT2D eigenvalue weighted by Crippen LogP contribution is -2.36. The Hall–Kier alpha value is -2.76. The van der Waals surface area contributed by atoms with E-state index in [1.54, 1.807) is 12.1 Å². The first-order valence-corrected chi connectivity index (χ1v) is 8.50. The number of hydrogen-bond donors (Lipinski definition) is 2. The van der Waals surface area contributed by atoms with Gasteiger partial charge in [-0.3, -0.25) is 9.59 Å². The summed E-state index contributed by atoms with van der Waals surface area (Å²) in [5.41, 5.74) is 2.37. The van der Waals surface area contributed by atoms with Crippen LogP contribution in [0.3, 0.4) is 0 Å². The summed E-state index contributed by atoms with van der Waals surface area (Å²) >= 11 is 0. The highest BCUT2D eigenvalue weighted by Gasteiger charge is 2.09. The normalized spacial score (nSPS) is 10.3. The van der Waals surface area contributed by atoms with Crippen LogP contribution in [0, 0.1) is 6.92 Å². The molecule has 1 aromatic heterocycles. The summed E-state index contributed by atoms with van der Waals surface area (Å²) in [7, 11) is 0. The number of likely N-dealkylation sites (N-methyl/N-ethyl adjacent to an activating group) is 1. The number of carbonyl (C=O) groups is 2. The molecule has 0 radical (unpaired) electrons. The van der Waals surface area contributed by atoms with Crippen molar-refractivity contribution in [2.24, 2.45) is 0 Å². The van der Waals surface area contributed by atoms with Crippen molar-refractivity contribution in [2.45, 2.75) is 20.3 Å². The molecule has 0 spiro atoms. The topological polar surface area (TPSA) is 74.6 Å². The van der Waals surface area contributed by atoms with Gasteiger partial charge in [0.15, 0.2) is 5.76 Å². The third-order valence-corrected chi connectivity index (χ3v) is 3.84. The Morgan fingerprint density at radius 3 is 2.64 bits per heavy atom. The molecule has 0 aliphatic heterocycles. The van der Waals surface area contributed by atoms with Crippen LogP contribution in [0.5, 0.6) is 0 Å². The van der Waals surface area contributed by atoms with Gasteiger partial charge in [-0.2, -0.15) is 0 Å². The number of nitrogens with zero attached hydrogens (tertiary/aromatic N) is 1. The zero-order valence-electron chi connectivity index (χ0n) is 14.7. The minimum Gasteiger partial charge on any atom is -0.459 e. The van der Waals surface area contributed by atoms with Crippen molar-refractivity contribution in [1.82, 2.24) is 10.6 Å². The first kappa shape index (κ1) is 18.6. The number of rotatable bonds is 9. The van der Waals surface area contributed by atoms with Gasteiger partial charge in [-0.05, 0) is 43.7 Å². The van der Waals surface area contributed by atoms with Crippen molar-refractivity contribution in [1.29, 1.82) is 0 Å². The van der Waals surface area contributed by atoms with Gasteiger partial charge < -0.3 is 20.0 Å². The highest BCUT2D eigenvalue weighted by atomic mass is 16.3. The molecule has 0 aliphatic carbocycles. The van der Waals surface area contributed by atoms with Crippen molar-refractivity contribution < 1.29 is 14.0 Å². The largest absolute Gasteiger partial charge is 0.459 e. The third-order valence-electron chi connectivity index (χ3n) is 3.84. The van der Waals surface area contributed by atoms with Crippen LogP contribution in [0.1, 0.15) is 29.5 Å². The summed E-state index contributed by atoms with van der Waals surface area (Å²) in [6.45, 7) is 6.61. The Bertz CT molecular complexity index is 683. The molecular formula is C19H25N3O3. The molecule has 1 aromatic carbocycles. The molecule has 0 saturated heterocycles. The Kier molecular flexibility index (Phi) is 7.07. The van der Waals surface area contributed by atoms with Gasteiger partial charge in [0.2, 0.25) is 5.91 Å². The first-order chi connectivity index (χ1) is 12.1. The van der Waals surface area contributed by atoms with E-state index in [0.29, 0.717) is 6.54 Å². The zero-order valence-corrected chi connectivity index (χ0v) is 14.7. The lowest BCUT2D eigenvalue weighted by Gasteiger charge is -2.23. The maximum Gasteiger partial charge on any atom is 0.286 e. The Balaban J connectivity index is 1.66. The summed E-state index contributed by atoms with van der Waals surface area (Å²) < 4.78 is 4.99. The molecule has 1 heterocycles. The second-order valence-corrected chi connectivity index (χ2v) is 5.75. The summed E-state index contributed by atoms with van der Waals surface area (Å²) in [5.74, 6) is -0.147. The Morgan fingerprint density at radius 1 is 1.12 bits per heavy atom. The smallest absolute Gasteiger partial charge is 0.286 e. The molecule has 2 N–H and O–H groups in total. The summed E-state index contributed by atoms with van der Waals surface area (Å²) in [6.07, 6.45) is 1.68. The van der Waals surface area contributed by atoms with Gasteiger partial charge in [0, 0.05) is 38.3 Å². The van der Waals surface area contributed by atoms with E-state index in [0.717, 1.165) is 18.8 Å². The highest BCUT2D eigenvalue weighted by Crippen LogP contribution is 2.14. The molecule has 25 heavy (non-hydrogen) atoms. The number of carbonyl (C=O) groups excluding carboxylic acids is 2. The predicted molar refractivity (Wildman–Crippen MR) is 97.7 cm³/mol. The molecule has 2 rings (SSSR count). The van der Waals surface area contributed by atoms with Crippen molar-refractivity contribution in [2.75, 3.05) is 31.1 Å². The highest BCUT2D eigenvalue weighted by molar-refractivity contribution is 5.91. The molecule has 2 aromatic rings. The van der Waals surface area contributed by atoms with E-state index in [4.69, 9.17) is 4.42 Å². The molecule has 2 amide bonds. The van der Waals surface area contributed by atoms with Crippen molar-refractivity contribution >= 4 is 17.5 Å². The van der Waals surface area contributed by atoms with Crippen LogP contribution in [0.4, 0.5) is 5.69 Å². The van der Waals surface area contributed by atoms with Crippen LogP contribution in [0.2, 0.25) is 0 Å². The van der Waals surface area contributed by atoms with Crippen LogP contribution in [0.15, 0.2) is 47.1 Å². The predicted octanol–water partition coefficient (Wildman–Crippen LogP) is 2.35.